The fourth-order valence-corrected chi connectivity index (χ4v) is 3.70. The molecule has 0 aliphatic rings. The van der Waals surface area contributed by atoms with E-state index in [1.165, 1.54) is 0 Å². The molecular weight excluding hydrogens is 398 g/mol. The predicted molar refractivity (Wildman–Crippen MR) is 127 cm³/mol. The first kappa shape index (κ1) is 19.7. The fraction of sp³-hybridized carbons (Fsp3) is 0.120. The minimum absolute atomic E-state index is 0.502. The summed E-state index contributed by atoms with van der Waals surface area (Å²) in [5, 5.41) is 8.79. The van der Waals surface area contributed by atoms with Crippen molar-refractivity contribution in [3.63, 3.8) is 0 Å². The summed E-state index contributed by atoms with van der Waals surface area (Å²) in [7, 11) is 0. The minimum atomic E-state index is 0.502. The number of nitrogens with one attached hydrogen (secondary N) is 1. The Morgan fingerprint density at radius 3 is 2.56 bits per heavy atom. The van der Waals surface area contributed by atoms with Gasteiger partial charge < -0.3 is 11.1 Å². The second kappa shape index (κ2) is 8.47. The molecule has 3 N–H and O–H groups in total. The molecule has 0 bridgehead atoms. The van der Waals surface area contributed by atoms with E-state index in [9.17, 15) is 0 Å². The lowest BCUT2D eigenvalue weighted by molar-refractivity contribution is 0.703. The molecule has 0 aliphatic carbocycles. The van der Waals surface area contributed by atoms with E-state index in [2.05, 4.69) is 46.5 Å². The standard InChI is InChI=1S/C25H23N7/c1-17-7-5-11-20(13-17)22-21-23(26)32(16-18-8-3-2-4-9-18)31-24(21)30-25(29-22)28-15-19-10-6-12-27-14-19/h2-14H,15-16,26H2,1H3,(H,28,30,31). The van der Waals surface area contributed by atoms with Crippen LogP contribution in [0.1, 0.15) is 16.7 Å². The molecule has 32 heavy (non-hydrogen) atoms. The lowest BCUT2D eigenvalue weighted by Gasteiger charge is -2.09. The van der Waals surface area contributed by atoms with Crippen LogP contribution in [-0.4, -0.2) is 24.7 Å². The summed E-state index contributed by atoms with van der Waals surface area (Å²) in [6.07, 6.45) is 3.57. The molecule has 0 aliphatic heterocycles. The van der Waals surface area contributed by atoms with Gasteiger partial charge in [-0.15, -0.1) is 5.10 Å². The van der Waals surface area contributed by atoms with Gasteiger partial charge in [-0.1, -0.05) is 60.2 Å². The molecule has 2 aromatic carbocycles. The molecule has 0 saturated carbocycles. The number of aryl methyl sites for hydroxylation is 1. The SMILES string of the molecule is Cc1cccc(-c2nc(NCc3cccnc3)nc3nn(Cc4ccccc4)c(N)c23)c1. The second-order valence-electron chi connectivity index (χ2n) is 7.71. The molecule has 7 nitrogen and oxygen atoms in total. The molecule has 0 fully saturated rings. The normalized spacial score (nSPS) is 11.0. The van der Waals surface area contributed by atoms with Crippen molar-refractivity contribution in [2.45, 2.75) is 20.0 Å². The van der Waals surface area contributed by atoms with Crippen LogP contribution >= 0.6 is 0 Å². The number of nitrogens with zero attached hydrogens (tertiary/aromatic N) is 5. The second-order valence-corrected chi connectivity index (χ2v) is 7.71. The van der Waals surface area contributed by atoms with Gasteiger partial charge in [0.25, 0.3) is 0 Å². The van der Waals surface area contributed by atoms with E-state index in [1.54, 1.807) is 10.9 Å². The van der Waals surface area contributed by atoms with Crippen molar-refractivity contribution in [3.8, 4) is 11.3 Å². The van der Waals surface area contributed by atoms with Gasteiger partial charge >= 0.3 is 0 Å². The van der Waals surface area contributed by atoms with E-state index >= 15 is 0 Å². The van der Waals surface area contributed by atoms with Crippen LogP contribution in [-0.2, 0) is 13.1 Å². The van der Waals surface area contributed by atoms with Crippen LogP contribution in [0.15, 0.2) is 79.1 Å². The largest absolute Gasteiger partial charge is 0.383 e. The summed E-state index contributed by atoms with van der Waals surface area (Å²) in [4.78, 5) is 13.7. The van der Waals surface area contributed by atoms with Crippen LogP contribution in [0.25, 0.3) is 22.3 Å². The monoisotopic (exact) mass is 421 g/mol. The third kappa shape index (κ3) is 4.00. The molecule has 5 rings (SSSR count). The van der Waals surface area contributed by atoms with Crippen molar-refractivity contribution in [2.75, 3.05) is 11.1 Å². The van der Waals surface area contributed by atoms with Crippen molar-refractivity contribution in [3.05, 3.63) is 95.8 Å². The highest BCUT2D eigenvalue weighted by molar-refractivity contribution is 5.99. The predicted octanol–water partition coefficient (Wildman–Crippen LogP) is 4.44. The molecular formula is C25H23N7. The van der Waals surface area contributed by atoms with Crippen LogP contribution < -0.4 is 11.1 Å². The highest BCUT2D eigenvalue weighted by Gasteiger charge is 2.18. The maximum Gasteiger partial charge on any atom is 0.225 e. The third-order valence-corrected chi connectivity index (χ3v) is 5.28. The van der Waals surface area contributed by atoms with Gasteiger partial charge in [0.15, 0.2) is 5.65 Å². The molecule has 3 aromatic heterocycles. The Kier molecular flexibility index (Phi) is 5.21. The van der Waals surface area contributed by atoms with E-state index in [1.807, 2.05) is 48.7 Å². The third-order valence-electron chi connectivity index (χ3n) is 5.28. The zero-order valence-corrected chi connectivity index (χ0v) is 17.7. The first-order valence-corrected chi connectivity index (χ1v) is 10.4. The van der Waals surface area contributed by atoms with Crippen molar-refractivity contribution < 1.29 is 0 Å². The Morgan fingerprint density at radius 2 is 1.78 bits per heavy atom. The number of aromatic nitrogens is 5. The van der Waals surface area contributed by atoms with Crippen molar-refractivity contribution in [2.24, 2.45) is 0 Å². The minimum Gasteiger partial charge on any atom is -0.383 e. The molecule has 0 atom stereocenters. The van der Waals surface area contributed by atoms with Crippen molar-refractivity contribution in [1.82, 2.24) is 24.7 Å². The summed E-state index contributed by atoms with van der Waals surface area (Å²) < 4.78 is 1.79. The van der Waals surface area contributed by atoms with E-state index in [0.29, 0.717) is 30.5 Å². The first-order chi connectivity index (χ1) is 15.7. The summed E-state index contributed by atoms with van der Waals surface area (Å²) in [6.45, 7) is 3.19. The average molecular weight is 422 g/mol. The maximum atomic E-state index is 6.57. The van der Waals surface area contributed by atoms with E-state index < -0.39 is 0 Å². The van der Waals surface area contributed by atoms with Gasteiger partial charge in [0.1, 0.15) is 5.82 Å². The summed E-state index contributed by atoms with van der Waals surface area (Å²) in [5.74, 6) is 1.06. The lowest BCUT2D eigenvalue weighted by Crippen LogP contribution is -2.05. The Balaban J connectivity index is 1.60. The number of benzene rings is 2. The number of rotatable bonds is 6. The molecule has 3 heterocycles. The van der Waals surface area contributed by atoms with Gasteiger partial charge in [-0.3, -0.25) is 4.98 Å². The highest BCUT2D eigenvalue weighted by Crippen LogP contribution is 2.32. The van der Waals surface area contributed by atoms with Crippen molar-refractivity contribution in [1.29, 1.82) is 0 Å². The average Bonchev–Trinajstić information content (AvgIpc) is 3.13. The molecule has 7 heteroatoms. The number of nitrogens with two attached hydrogens (primary N) is 1. The maximum absolute atomic E-state index is 6.57. The molecule has 0 unspecified atom stereocenters. The van der Waals surface area contributed by atoms with Crippen LogP contribution in [0.3, 0.4) is 0 Å². The lowest BCUT2D eigenvalue weighted by atomic mass is 10.1. The van der Waals surface area contributed by atoms with Crippen molar-refractivity contribution >= 4 is 22.8 Å². The van der Waals surface area contributed by atoms with Gasteiger partial charge in [-0.25, -0.2) is 9.67 Å². The number of pyridine rings is 1. The van der Waals surface area contributed by atoms with Gasteiger partial charge in [0, 0.05) is 24.5 Å². The molecule has 158 valence electrons. The Bertz CT molecular complexity index is 1360. The zero-order valence-electron chi connectivity index (χ0n) is 17.7. The summed E-state index contributed by atoms with van der Waals surface area (Å²) in [6, 6.07) is 22.2. The van der Waals surface area contributed by atoms with Crippen LogP contribution in [0.4, 0.5) is 11.8 Å². The molecule has 0 amide bonds. The summed E-state index contributed by atoms with van der Waals surface area (Å²) >= 11 is 0. The van der Waals surface area contributed by atoms with Crippen LogP contribution in [0.2, 0.25) is 0 Å². The fourth-order valence-electron chi connectivity index (χ4n) is 3.70. The van der Waals surface area contributed by atoms with Gasteiger partial charge in [0.2, 0.25) is 5.95 Å². The quantitative estimate of drug-likeness (QED) is 0.421. The number of hydrogen-bond donors (Lipinski definition) is 2. The number of anilines is 2. The molecule has 5 aromatic rings. The Hall–Kier alpha value is -4.26. The van der Waals surface area contributed by atoms with Gasteiger partial charge in [-0.2, -0.15) is 4.98 Å². The Labute approximate surface area is 186 Å². The molecule has 0 spiro atoms. The van der Waals surface area contributed by atoms with E-state index in [4.69, 9.17) is 15.8 Å². The van der Waals surface area contributed by atoms with E-state index in [0.717, 1.165) is 33.3 Å². The zero-order chi connectivity index (χ0) is 21.9. The highest BCUT2D eigenvalue weighted by atomic mass is 15.3. The van der Waals surface area contributed by atoms with Gasteiger partial charge in [-0.05, 0) is 30.2 Å². The smallest absolute Gasteiger partial charge is 0.225 e. The number of hydrogen-bond acceptors (Lipinski definition) is 6. The topological polar surface area (TPSA) is 94.5 Å². The van der Waals surface area contributed by atoms with E-state index in [-0.39, 0.29) is 0 Å². The molecule has 0 saturated heterocycles. The molecule has 0 radical (unpaired) electrons. The van der Waals surface area contributed by atoms with Gasteiger partial charge in [0.05, 0.1) is 17.6 Å². The Morgan fingerprint density at radius 1 is 0.938 bits per heavy atom. The van der Waals surface area contributed by atoms with Crippen LogP contribution in [0, 0.1) is 6.92 Å². The van der Waals surface area contributed by atoms with Crippen LogP contribution in [0.5, 0.6) is 0 Å². The first-order valence-electron chi connectivity index (χ1n) is 10.4. The summed E-state index contributed by atoms with van der Waals surface area (Å²) in [5.41, 5.74) is 12.2. The number of nitrogen functional groups attached to an aromatic ring is 1. The number of fused-ring (bicyclic) bond motifs is 1.